The maximum Gasteiger partial charge on any atom is 0.311 e. The van der Waals surface area contributed by atoms with Gasteiger partial charge in [-0.3, -0.25) is 9.59 Å². The first-order valence-electron chi connectivity index (χ1n) is 6.94. The van der Waals surface area contributed by atoms with Gasteiger partial charge in [0, 0.05) is 12.7 Å². The van der Waals surface area contributed by atoms with E-state index in [1.165, 1.54) is 4.68 Å². The number of carboxylic acid groups (broad SMARTS) is 1. The number of carbonyl (C=O) groups is 2. The van der Waals surface area contributed by atoms with Crippen LogP contribution < -0.4 is 5.32 Å². The van der Waals surface area contributed by atoms with E-state index in [2.05, 4.69) is 10.4 Å². The number of halogens is 2. The molecule has 0 aliphatic heterocycles. The molecule has 1 saturated carbocycles. The third kappa shape index (κ3) is 3.18. The Kier molecular flexibility index (Phi) is 4.04. The van der Waals surface area contributed by atoms with Crippen molar-refractivity contribution in [2.24, 2.45) is 5.41 Å². The highest BCUT2D eigenvalue weighted by atomic mass is 35.5. The van der Waals surface area contributed by atoms with Crippen LogP contribution in [0.4, 0.5) is 0 Å². The van der Waals surface area contributed by atoms with E-state index < -0.39 is 17.3 Å². The van der Waals surface area contributed by atoms with Gasteiger partial charge in [0.15, 0.2) is 5.69 Å². The van der Waals surface area contributed by atoms with Gasteiger partial charge in [0.05, 0.1) is 21.1 Å². The average Bonchev–Trinajstić information content (AvgIpc) is 3.16. The summed E-state index contributed by atoms with van der Waals surface area (Å²) in [4.78, 5) is 23.2. The Bertz CT molecular complexity index is 784. The predicted octanol–water partition coefficient (Wildman–Crippen LogP) is 2.77. The third-order valence-corrected chi connectivity index (χ3v) is 4.62. The minimum Gasteiger partial charge on any atom is -0.481 e. The third-order valence-electron chi connectivity index (χ3n) is 3.88. The molecule has 1 amide bonds. The van der Waals surface area contributed by atoms with Gasteiger partial charge in [-0.25, -0.2) is 4.68 Å². The Hall–Kier alpha value is -2.05. The van der Waals surface area contributed by atoms with Gasteiger partial charge in [-0.2, -0.15) is 5.10 Å². The fourth-order valence-corrected chi connectivity index (χ4v) is 2.47. The van der Waals surface area contributed by atoms with Crippen molar-refractivity contribution in [2.45, 2.75) is 12.8 Å². The summed E-state index contributed by atoms with van der Waals surface area (Å²) in [5, 5.41) is 16.7. The van der Waals surface area contributed by atoms with E-state index >= 15 is 0 Å². The van der Waals surface area contributed by atoms with Gasteiger partial charge >= 0.3 is 5.97 Å². The van der Waals surface area contributed by atoms with Gasteiger partial charge in [0.2, 0.25) is 0 Å². The number of rotatable bonds is 5. The van der Waals surface area contributed by atoms with Crippen LogP contribution in [0.15, 0.2) is 30.5 Å². The molecule has 8 heteroatoms. The number of nitrogens with zero attached hydrogens (tertiary/aromatic N) is 2. The largest absolute Gasteiger partial charge is 0.481 e. The molecule has 2 aromatic rings. The number of benzene rings is 1. The molecule has 120 valence electrons. The lowest BCUT2D eigenvalue weighted by Gasteiger charge is -2.09. The van der Waals surface area contributed by atoms with Crippen LogP contribution in [0.2, 0.25) is 10.0 Å². The smallest absolute Gasteiger partial charge is 0.311 e. The molecule has 1 aromatic carbocycles. The number of nitrogens with one attached hydrogen (secondary N) is 1. The summed E-state index contributed by atoms with van der Waals surface area (Å²) in [6.07, 6.45) is 2.79. The summed E-state index contributed by atoms with van der Waals surface area (Å²) in [5.74, 6) is -1.28. The molecule has 1 aliphatic carbocycles. The standard InChI is InChI=1S/C15H13Cl2N3O3/c16-10-2-1-9(7-11(10)17)20-6-3-12(19-20)13(21)18-8-15(4-5-15)14(22)23/h1-3,6-7H,4-5,8H2,(H,18,21)(H,22,23). The molecule has 0 saturated heterocycles. The molecule has 1 aliphatic rings. The second kappa shape index (κ2) is 5.86. The van der Waals surface area contributed by atoms with Crippen molar-refractivity contribution in [3.8, 4) is 5.69 Å². The summed E-state index contributed by atoms with van der Waals surface area (Å²) in [5.41, 5.74) is 0.0713. The highest BCUT2D eigenvalue weighted by Gasteiger charge is 2.50. The first-order chi connectivity index (χ1) is 10.9. The van der Waals surface area contributed by atoms with E-state index in [1.54, 1.807) is 30.5 Å². The van der Waals surface area contributed by atoms with Crippen molar-refractivity contribution in [2.75, 3.05) is 6.54 Å². The Balaban J connectivity index is 1.70. The first kappa shape index (κ1) is 15.8. The number of hydrogen-bond acceptors (Lipinski definition) is 3. The molecule has 0 unspecified atom stereocenters. The van der Waals surface area contributed by atoms with Crippen LogP contribution in [-0.2, 0) is 4.79 Å². The Morgan fingerprint density at radius 1 is 1.26 bits per heavy atom. The highest BCUT2D eigenvalue weighted by molar-refractivity contribution is 6.42. The van der Waals surface area contributed by atoms with Gasteiger partial charge in [0.25, 0.3) is 5.91 Å². The van der Waals surface area contributed by atoms with Gasteiger partial charge < -0.3 is 10.4 Å². The normalized spacial score (nSPS) is 15.2. The van der Waals surface area contributed by atoms with Crippen molar-refractivity contribution < 1.29 is 14.7 Å². The highest BCUT2D eigenvalue weighted by Crippen LogP contribution is 2.45. The van der Waals surface area contributed by atoms with Crippen LogP contribution >= 0.6 is 23.2 Å². The summed E-state index contributed by atoms with van der Waals surface area (Å²) in [6.45, 7) is 0.112. The van der Waals surface area contributed by atoms with Crippen molar-refractivity contribution in [3.63, 3.8) is 0 Å². The predicted molar refractivity (Wildman–Crippen MR) is 85.2 cm³/mol. The zero-order chi connectivity index (χ0) is 16.6. The molecule has 6 nitrogen and oxygen atoms in total. The van der Waals surface area contributed by atoms with E-state index in [1.807, 2.05) is 0 Å². The van der Waals surface area contributed by atoms with Crippen molar-refractivity contribution >= 4 is 35.1 Å². The molecule has 1 fully saturated rings. The Labute approximate surface area is 142 Å². The lowest BCUT2D eigenvalue weighted by molar-refractivity contribution is -0.143. The Morgan fingerprint density at radius 3 is 2.61 bits per heavy atom. The molecule has 0 bridgehead atoms. The second-order valence-corrected chi connectivity index (χ2v) is 6.33. The van der Waals surface area contributed by atoms with E-state index in [-0.39, 0.29) is 12.2 Å². The monoisotopic (exact) mass is 353 g/mol. The van der Waals surface area contributed by atoms with Gasteiger partial charge in [-0.15, -0.1) is 0 Å². The van der Waals surface area contributed by atoms with Gasteiger partial charge in [-0.05, 0) is 37.1 Å². The topological polar surface area (TPSA) is 84.2 Å². The molecule has 3 rings (SSSR count). The van der Waals surface area contributed by atoms with Crippen LogP contribution in [0, 0.1) is 5.41 Å². The van der Waals surface area contributed by atoms with Crippen molar-refractivity contribution in [3.05, 3.63) is 46.2 Å². The number of aliphatic carboxylic acids is 1. The maximum atomic E-state index is 12.1. The molecule has 0 spiro atoms. The van der Waals surface area contributed by atoms with E-state index in [4.69, 9.17) is 28.3 Å². The number of amides is 1. The summed E-state index contributed by atoms with van der Waals surface area (Å²) < 4.78 is 1.50. The average molecular weight is 354 g/mol. The number of carbonyl (C=O) groups excluding carboxylic acids is 1. The Morgan fingerprint density at radius 2 is 2.00 bits per heavy atom. The molecule has 0 atom stereocenters. The van der Waals surface area contributed by atoms with Crippen molar-refractivity contribution in [1.29, 1.82) is 0 Å². The second-order valence-electron chi connectivity index (χ2n) is 5.51. The molecule has 2 N–H and O–H groups in total. The minimum atomic E-state index is -0.876. The zero-order valence-corrected chi connectivity index (χ0v) is 13.4. The maximum absolute atomic E-state index is 12.1. The summed E-state index contributed by atoms with van der Waals surface area (Å²) in [6, 6.07) is 6.57. The fraction of sp³-hybridized carbons (Fsp3) is 0.267. The fourth-order valence-electron chi connectivity index (χ4n) is 2.17. The van der Waals surface area contributed by atoms with E-state index in [9.17, 15) is 9.59 Å². The molecule has 1 heterocycles. The summed E-state index contributed by atoms with van der Waals surface area (Å²) in [7, 11) is 0. The SMILES string of the molecule is O=C(NCC1(C(=O)O)CC1)c1ccn(-c2ccc(Cl)c(Cl)c2)n1. The molecular formula is C15H13Cl2N3O3. The van der Waals surface area contributed by atoms with E-state index in [0.29, 0.717) is 28.6 Å². The first-order valence-corrected chi connectivity index (χ1v) is 7.70. The minimum absolute atomic E-state index is 0.112. The molecule has 0 radical (unpaired) electrons. The molecular weight excluding hydrogens is 341 g/mol. The van der Waals surface area contributed by atoms with Crippen LogP contribution in [0.5, 0.6) is 0 Å². The lowest BCUT2D eigenvalue weighted by Crippen LogP contribution is -2.34. The number of aromatic nitrogens is 2. The molecule has 23 heavy (non-hydrogen) atoms. The van der Waals surface area contributed by atoms with Gasteiger partial charge in [0.1, 0.15) is 0 Å². The van der Waals surface area contributed by atoms with E-state index in [0.717, 1.165) is 0 Å². The van der Waals surface area contributed by atoms with Crippen LogP contribution in [0.1, 0.15) is 23.3 Å². The quantitative estimate of drug-likeness (QED) is 0.865. The summed E-state index contributed by atoms with van der Waals surface area (Å²) >= 11 is 11.8. The zero-order valence-electron chi connectivity index (χ0n) is 11.9. The lowest BCUT2D eigenvalue weighted by atomic mass is 10.1. The van der Waals surface area contributed by atoms with Crippen LogP contribution in [-0.4, -0.2) is 33.3 Å². The van der Waals surface area contributed by atoms with Gasteiger partial charge in [-0.1, -0.05) is 23.2 Å². The number of carboxylic acids is 1. The van der Waals surface area contributed by atoms with Crippen molar-refractivity contribution in [1.82, 2.24) is 15.1 Å². The number of hydrogen-bond donors (Lipinski definition) is 2. The molecule has 1 aromatic heterocycles. The van der Waals surface area contributed by atoms with Crippen LogP contribution in [0.25, 0.3) is 5.69 Å². The van der Waals surface area contributed by atoms with Crippen LogP contribution in [0.3, 0.4) is 0 Å².